The molecular weight excluding hydrogens is 321 g/mol. The second-order valence-corrected chi connectivity index (χ2v) is 8.84. The van der Waals surface area contributed by atoms with E-state index in [1.54, 1.807) is 7.11 Å². The molecule has 0 radical (unpaired) electrons. The van der Waals surface area contributed by atoms with Crippen molar-refractivity contribution in [2.24, 2.45) is 28.6 Å². The number of methoxy groups -OCH3 is 1. The Morgan fingerprint density at radius 3 is 2.42 bits per heavy atom. The Hall–Kier alpha value is -1.04. The highest BCUT2D eigenvalue weighted by Crippen LogP contribution is 2.83. The largest absolute Gasteiger partial charge is 0.490 e. The van der Waals surface area contributed by atoms with E-state index in [1.165, 1.54) is 0 Å². The van der Waals surface area contributed by atoms with Crippen LogP contribution in [0.15, 0.2) is 12.2 Å². The zero-order chi connectivity index (χ0) is 17.8. The predicted octanol–water partition coefficient (Wildman–Crippen LogP) is 3.88. The second kappa shape index (κ2) is 4.19. The van der Waals surface area contributed by atoms with Crippen LogP contribution in [0.5, 0.6) is 0 Å². The maximum atomic E-state index is 12.9. The molecule has 1 spiro atoms. The number of halogens is 3. The van der Waals surface area contributed by atoms with Crippen LogP contribution in [0.4, 0.5) is 13.2 Å². The van der Waals surface area contributed by atoms with Gasteiger partial charge in [-0.05, 0) is 25.2 Å². The monoisotopic (exact) mass is 344 g/mol. The highest BCUT2D eigenvalue weighted by atomic mass is 19.4. The molecule has 134 valence electrons. The zero-order valence-corrected chi connectivity index (χ0v) is 14.4. The van der Waals surface area contributed by atoms with Gasteiger partial charge in [-0.3, -0.25) is 0 Å². The fourth-order valence-electron chi connectivity index (χ4n) is 6.47. The van der Waals surface area contributed by atoms with Gasteiger partial charge in [0.25, 0.3) is 0 Å². The molecular formula is C18H23F3O3. The summed E-state index contributed by atoms with van der Waals surface area (Å²) in [7, 11) is 1.70. The van der Waals surface area contributed by atoms with Gasteiger partial charge < -0.3 is 9.47 Å². The van der Waals surface area contributed by atoms with E-state index in [4.69, 9.17) is 9.47 Å². The van der Waals surface area contributed by atoms with Gasteiger partial charge in [-0.1, -0.05) is 32.9 Å². The van der Waals surface area contributed by atoms with Crippen molar-refractivity contribution in [2.75, 3.05) is 7.11 Å². The summed E-state index contributed by atoms with van der Waals surface area (Å²) in [6.07, 6.45) is 1.24. The third kappa shape index (κ3) is 1.53. The molecule has 0 N–H and O–H groups in total. The van der Waals surface area contributed by atoms with Crippen LogP contribution in [0.2, 0.25) is 0 Å². The summed E-state index contributed by atoms with van der Waals surface area (Å²) in [4.78, 5) is 11.7. The van der Waals surface area contributed by atoms with Gasteiger partial charge in [0, 0.05) is 29.8 Å². The molecule has 0 bridgehead atoms. The summed E-state index contributed by atoms with van der Waals surface area (Å²) in [5.74, 6) is -1.49. The summed E-state index contributed by atoms with van der Waals surface area (Å²) in [5, 5.41) is 0. The van der Waals surface area contributed by atoms with Gasteiger partial charge in [-0.2, -0.15) is 13.2 Å². The van der Waals surface area contributed by atoms with Crippen molar-refractivity contribution in [3.8, 4) is 0 Å². The number of hydrogen-bond acceptors (Lipinski definition) is 3. The van der Waals surface area contributed by atoms with E-state index >= 15 is 0 Å². The molecule has 0 heterocycles. The quantitative estimate of drug-likeness (QED) is 0.563. The third-order valence-corrected chi connectivity index (χ3v) is 7.40. The lowest BCUT2D eigenvalue weighted by atomic mass is 9.64. The van der Waals surface area contributed by atoms with E-state index in [0.717, 1.165) is 6.42 Å². The molecule has 4 rings (SSSR count). The molecule has 0 amide bonds. The molecule has 0 aromatic heterocycles. The van der Waals surface area contributed by atoms with Crippen molar-refractivity contribution >= 4 is 5.97 Å². The molecule has 0 saturated heterocycles. The minimum Gasteiger partial charge on any atom is -0.452 e. The summed E-state index contributed by atoms with van der Waals surface area (Å²) < 4.78 is 49.9. The van der Waals surface area contributed by atoms with Crippen LogP contribution < -0.4 is 0 Å². The Bertz CT molecular complexity index is 634. The van der Waals surface area contributed by atoms with Gasteiger partial charge in [0.05, 0.1) is 5.60 Å². The first-order valence-corrected chi connectivity index (χ1v) is 8.51. The number of rotatable bonds is 2. The maximum Gasteiger partial charge on any atom is 0.490 e. The Morgan fingerprint density at radius 1 is 1.21 bits per heavy atom. The maximum absolute atomic E-state index is 12.9. The molecule has 3 saturated carbocycles. The first-order chi connectivity index (χ1) is 11.0. The summed E-state index contributed by atoms with van der Waals surface area (Å²) in [5.41, 5.74) is -2.27. The molecule has 4 unspecified atom stereocenters. The smallest absolute Gasteiger partial charge is 0.452 e. The Balaban J connectivity index is 1.76. The van der Waals surface area contributed by atoms with Crippen molar-refractivity contribution in [1.29, 1.82) is 0 Å². The molecule has 3 nitrogen and oxygen atoms in total. The summed E-state index contributed by atoms with van der Waals surface area (Å²) >= 11 is 0. The predicted molar refractivity (Wildman–Crippen MR) is 80.0 cm³/mol. The molecule has 6 atom stereocenters. The second-order valence-electron chi connectivity index (χ2n) is 8.84. The van der Waals surface area contributed by atoms with E-state index in [1.807, 2.05) is 20.8 Å². The average molecular weight is 344 g/mol. The normalized spacial score (nSPS) is 48.4. The zero-order valence-electron chi connectivity index (χ0n) is 14.4. The van der Waals surface area contributed by atoms with Crippen LogP contribution in [0.1, 0.15) is 40.0 Å². The number of fused-ring (bicyclic) bond motifs is 1. The first kappa shape index (κ1) is 16.4. The van der Waals surface area contributed by atoms with Crippen molar-refractivity contribution < 1.29 is 27.4 Å². The Kier molecular flexibility index (Phi) is 2.87. The van der Waals surface area contributed by atoms with E-state index < -0.39 is 23.2 Å². The number of alkyl halides is 3. The van der Waals surface area contributed by atoms with Crippen molar-refractivity contribution in [3.05, 3.63) is 12.2 Å². The van der Waals surface area contributed by atoms with Gasteiger partial charge in [-0.25, -0.2) is 4.79 Å². The number of carbonyl (C=O) groups excluding carboxylic acids is 1. The molecule has 24 heavy (non-hydrogen) atoms. The Morgan fingerprint density at radius 2 is 1.88 bits per heavy atom. The van der Waals surface area contributed by atoms with Crippen LogP contribution in [0.3, 0.4) is 0 Å². The highest BCUT2D eigenvalue weighted by molar-refractivity contribution is 5.76. The van der Waals surface area contributed by atoms with Crippen molar-refractivity contribution in [1.82, 2.24) is 0 Å². The van der Waals surface area contributed by atoms with Gasteiger partial charge in [-0.15, -0.1) is 0 Å². The fourth-order valence-corrected chi connectivity index (χ4v) is 6.47. The molecule has 0 aromatic carbocycles. The molecule has 4 aliphatic rings. The first-order valence-electron chi connectivity index (χ1n) is 8.51. The lowest BCUT2D eigenvalue weighted by Crippen LogP contribution is -2.54. The van der Waals surface area contributed by atoms with Crippen molar-refractivity contribution in [2.45, 2.75) is 57.4 Å². The standard InChI is InChI=1S/C18H23F3O3/c1-14(2,3)16(24-13(22)18(19,20)21)8-7-15-6-5-10-11(9-12(15)16)17(10,15)23-4/h5-6,10-12H,7-9H2,1-4H3/t10?,11?,12?,15?,16-,17-/m1/s1. The topological polar surface area (TPSA) is 35.5 Å². The van der Waals surface area contributed by atoms with Crippen molar-refractivity contribution in [3.63, 3.8) is 0 Å². The minimum atomic E-state index is -4.97. The van der Waals surface area contributed by atoms with E-state index in [-0.39, 0.29) is 16.9 Å². The van der Waals surface area contributed by atoms with Gasteiger partial charge in [0.1, 0.15) is 5.60 Å². The lowest BCUT2D eigenvalue weighted by Gasteiger charge is -2.47. The average Bonchev–Trinajstić information content (AvgIpc) is 2.68. The highest BCUT2D eigenvalue weighted by Gasteiger charge is 2.87. The SMILES string of the molecule is CO[C@@]12C3C=CC14CC[C@](OC(=O)C(F)(F)F)(C(C)(C)C)C4CC32. The van der Waals surface area contributed by atoms with Gasteiger partial charge >= 0.3 is 12.1 Å². The number of carbonyl (C=O) groups is 1. The molecule has 0 aromatic rings. The van der Waals surface area contributed by atoms with Gasteiger partial charge in [0.15, 0.2) is 0 Å². The van der Waals surface area contributed by atoms with Crippen LogP contribution in [-0.2, 0) is 14.3 Å². The van der Waals surface area contributed by atoms with Crippen LogP contribution in [0, 0.1) is 28.6 Å². The van der Waals surface area contributed by atoms with E-state index in [2.05, 4.69) is 12.2 Å². The third-order valence-electron chi connectivity index (χ3n) is 7.40. The number of hydrogen-bond donors (Lipinski definition) is 0. The van der Waals surface area contributed by atoms with E-state index in [0.29, 0.717) is 24.7 Å². The fraction of sp³-hybridized carbons (Fsp3) is 0.833. The lowest BCUT2D eigenvalue weighted by molar-refractivity contribution is -0.231. The summed E-state index contributed by atoms with van der Waals surface area (Å²) in [6.45, 7) is 5.61. The Labute approximate surface area is 139 Å². The summed E-state index contributed by atoms with van der Waals surface area (Å²) in [6, 6.07) is 0. The van der Waals surface area contributed by atoms with Crippen LogP contribution >= 0.6 is 0 Å². The molecule has 0 aliphatic heterocycles. The van der Waals surface area contributed by atoms with Crippen LogP contribution in [-0.4, -0.2) is 30.5 Å². The van der Waals surface area contributed by atoms with Crippen LogP contribution in [0.25, 0.3) is 0 Å². The number of ether oxygens (including phenoxy) is 2. The minimum absolute atomic E-state index is 0.128. The number of esters is 1. The van der Waals surface area contributed by atoms with Gasteiger partial charge in [0.2, 0.25) is 0 Å². The molecule has 3 fully saturated rings. The van der Waals surface area contributed by atoms with E-state index in [9.17, 15) is 18.0 Å². The molecule has 6 heteroatoms. The molecule has 4 aliphatic carbocycles.